The van der Waals surface area contributed by atoms with E-state index in [1.165, 1.54) is 0 Å². The Labute approximate surface area is 186 Å². The standard InChI is InChI=1S/C24H39N3O4/c1-9-10-15-27(19(28)16-25-22(30)31-24(6,7)8)20(21(29)26-23(3,4)5)18-14-12-11-13-17(18)2/h11-14,20H,9-10,15-16H2,1-8H3,(H,25,30)(H,26,29). The number of amides is 3. The van der Waals surface area contributed by atoms with Gasteiger partial charge in [0.1, 0.15) is 18.2 Å². The summed E-state index contributed by atoms with van der Waals surface area (Å²) in [4.78, 5) is 40.1. The Kier molecular flexibility index (Phi) is 9.53. The molecule has 0 radical (unpaired) electrons. The van der Waals surface area contributed by atoms with Crippen LogP contribution in [0, 0.1) is 6.92 Å². The Morgan fingerprint density at radius 2 is 1.68 bits per heavy atom. The lowest BCUT2D eigenvalue weighted by Crippen LogP contribution is -2.51. The molecule has 1 aromatic carbocycles. The van der Waals surface area contributed by atoms with Crippen LogP contribution in [0.3, 0.4) is 0 Å². The second kappa shape index (κ2) is 11.2. The molecule has 0 bridgehead atoms. The second-order valence-corrected chi connectivity index (χ2v) is 9.79. The summed E-state index contributed by atoms with van der Waals surface area (Å²) in [5, 5.41) is 5.53. The van der Waals surface area contributed by atoms with E-state index in [0.29, 0.717) is 6.54 Å². The molecular weight excluding hydrogens is 394 g/mol. The molecule has 174 valence electrons. The molecule has 1 aromatic rings. The Balaban J connectivity index is 3.22. The largest absolute Gasteiger partial charge is 0.444 e. The summed E-state index contributed by atoms with van der Waals surface area (Å²) >= 11 is 0. The minimum absolute atomic E-state index is 0.246. The van der Waals surface area contributed by atoms with Crippen molar-refractivity contribution in [3.63, 3.8) is 0 Å². The molecule has 7 heteroatoms. The highest BCUT2D eigenvalue weighted by Gasteiger charge is 2.33. The van der Waals surface area contributed by atoms with Gasteiger partial charge < -0.3 is 20.3 Å². The minimum Gasteiger partial charge on any atom is -0.444 e. The number of nitrogens with zero attached hydrogens (tertiary/aromatic N) is 1. The lowest BCUT2D eigenvalue weighted by atomic mass is 9.97. The van der Waals surface area contributed by atoms with Crippen molar-refractivity contribution in [2.24, 2.45) is 0 Å². The van der Waals surface area contributed by atoms with Crippen molar-refractivity contribution in [1.82, 2.24) is 15.5 Å². The molecule has 7 nitrogen and oxygen atoms in total. The first-order chi connectivity index (χ1) is 14.2. The molecule has 1 rings (SSSR count). The molecule has 0 aliphatic carbocycles. The molecule has 0 aliphatic rings. The summed E-state index contributed by atoms with van der Waals surface area (Å²) in [6, 6.07) is 6.77. The molecule has 1 unspecified atom stereocenters. The maximum absolute atomic E-state index is 13.3. The van der Waals surface area contributed by atoms with Gasteiger partial charge in [0.25, 0.3) is 0 Å². The SMILES string of the molecule is CCCCN(C(=O)CNC(=O)OC(C)(C)C)C(C(=O)NC(C)(C)C)c1ccccc1C. The third-order valence-electron chi connectivity index (χ3n) is 4.40. The zero-order valence-corrected chi connectivity index (χ0v) is 20.3. The molecule has 0 saturated heterocycles. The first-order valence-electron chi connectivity index (χ1n) is 10.9. The number of carbonyl (C=O) groups is 3. The van der Waals surface area contributed by atoms with Gasteiger partial charge in [-0.1, -0.05) is 37.6 Å². The van der Waals surface area contributed by atoms with Gasteiger partial charge in [-0.25, -0.2) is 4.79 Å². The summed E-state index contributed by atoms with van der Waals surface area (Å²) in [5.41, 5.74) is 0.578. The molecule has 0 spiro atoms. The summed E-state index contributed by atoms with van der Waals surface area (Å²) in [6.45, 7) is 15.1. The third kappa shape index (κ3) is 9.40. The number of aryl methyl sites for hydroxylation is 1. The van der Waals surface area contributed by atoms with Crippen LogP contribution < -0.4 is 10.6 Å². The molecule has 1 atom stereocenters. The maximum Gasteiger partial charge on any atom is 0.408 e. The summed E-state index contributed by atoms with van der Waals surface area (Å²) in [5.74, 6) is -0.583. The van der Waals surface area contributed by atoms with Crippen LogP contribution in [-0.2, 0) is 14.3 Å². The van der Waals surface area contributed by atoms with Crippen molar-refractivity contribution in [2.75, 3.05) is 13.1 Å². The summed E-state index contributed by atoms with van der Waals surface area (Å²) < 4.78 is 5.23. The Morgan fingerprint density at radius 1 is 1.06 bits per heavy atom. The second-order valence-electron chi connectivity index (χ2n) is 9.79. The Hall–Kier alpha value is -2.57. The molecule has 0 fully saturated rings. The van der Waals surface area contributed by atoms with Crippen molar-refractivity contribution in [1.29, 1.82) is 0 Å². The quantitative estimate of drug-likeness (QED) is 0.646. The van der Waals surface area contributed by atoms with Gasteiger partial charge in [0.15, 0.2) is 0 Å². The Bertz CT molecular complexity index is 763. The number of ether oxygens (including phenoxy) is 1. The van der Waals surface area contributed by atoms with Crippen LogP contribution >= 0.6 is 0 Å². The van der Waals surface area contributed by atoms with E-state index < -0.39 is 23.3 Å². The highest BCUT2D eigenvalue weighted by Crippen LogP contribution is 2.26. The average molecular weight is 434 g/mol. The van der Waals surface area contributed by atoms with E-state index >= 15 is 0 Å². The zero-order chi connectivity index (χ0) is 23.8. The van der Waals surface area contributed by atoms with Crippen LogP contribution in [0.15, 0.2) is 24.3 Å². The van der Waals surface area contributed by atoms with Gasteiger partial charge >= 0.3 is 6.09 Å². The van der Waals surface area contributed by atoms with E-state index in [0.717, 1.165) is 24.0 Å². The van der Waals surface area contributed by atoms with E-state index in [2.05, 4.69) is 10.6 Å². The van der Waals surface area contributed by atoms with Gasteiger partial charge in [-0.3, -0.25) is 9.59 Å². The van der Waals surface area contributed by atoms with E-state index in [4.69, 9.17) is 4.74 Å². The third-order valence-corrected chi connectivity index (χ3v) is 4.40. The van der Waals surface area contributed by atoms with Crippen LogP contribution in [0.1, 0.15) is 78.5 Å². The monoisotopic (exact) mass is 433 g/mol. The van der Waals surface area contributed by atoms with Gasteiger partial charge in [-0.2, -0.15) is 0 Å². The maximum atomic E-state index is 13.3. The van der Waals surface area contributed by atoms with Crippen LogP contribution in [0.4, 0.5) is 4.79 Å². The number of benzene rings is 1. The fourth-order valence-corrected chi connectivity index (χ4v) is 3.07. The number of hydrogen-bond acceptors (Lipinski definition) is 4. The minimum atomic E-state index is -0.792. The van der Waals surface area contributed by atoms with E-state index in [1.807, 2.05) is 58.9 Å². The van der Waals surface area contributed by atoms with E-state index in [1.54, 1.807) is 25.7 Å². The summed E-state index contributed by atoms with van der Waals surface area (Å²) in [7, 11) is 0. The van der Waals surface area contributed by atoms with E-state index in [-0.39, 0.29) is 18.4 Å². The highest BCUT2D eigenvalue weighted by molar-refractivity contribution is 5.91. The van der Waals surface area contributed by atoms with E-state index in [9.17, 15) is 14.4 Å². The number of rotatable bonds is 8. The molecule has 0 aromatic heterocycles. The van der Waals surface area contributed by atoms with Gasteiger partial charge in [0, 0.05) is 12.1 Å². The molecule has 0 saturated carbocycles. The zero-order valence-electron chi connectivity index (χ0n) is 20.3. The molecular formula is C24H39N3O4. The van der Waals surface area contributed by atoms with Crippen LogP contribution in [0.25, 0.3) is 0 Å². The number of unbranched alkanes of at least 4 members (excludes halogenated alkanes) is 1. The molecule has 31 heavy (non-hydrogen) atoms. The topological polar surface area (TPSA) is 87.7 Å². The van der Waals surface area contributed by atoms with Crippen molar-refractivity contribution < 1.29 is 19.1 Å². The lowest BCUT2D eigenvalue weighted by Gasteiger charge is -2.34. The fraction of sp³-hybridized carbons (Fsp3) is 0.625. The van der Waals surface area contributed by atoms with Crippen molar-refractivity contribution in [3.05, 3.63) is 35.4 Å². The molecule has 0 heterocycles. The van der Waals surface area contributed by atoms with Gasteiger partial charge in [0.2, 0.25) is 11.8 Å². The Morgan fingerprint density at radius 3 is 2.19 bits per heavy atom. The smallest absolute Gasteiger partial charge is 0.408 e. The van der Waals surface area contributed by atoms with Gasteiger partial charge in [-0.15, -0.1) is 0 Å². The predicted molar refractivity (Wildman–Crippen MR) is 123 cm³/mol. The first-order valence-corrected chi connectivity index (χ1v) is 10.9. The number of carbonyl (C=O) groups excluding carboxylic acids is 3. The number of alkyl carbamates (subject to hydrolysis) is 1. The van der Waals surface area contributed by atoms with Gasteiger partial charge in [-0.05, 0) is 66.0 Å². The first kappa shape index (κ1) is 26.5. The van der Waals surface area contributed by atoms with Gasteiger partial charge in [0.05, 0.1) is 0 Å². The highest BCUT2D eigenvalue weighted by atomic mass is 16.6. The van der Waals surface area contributed by atoms with Crippen molar-refractivity contribution in [3.8, 4) is 0 Å². The van der Waals surface area contributed by atoms with Crippen LogP contribution in [0.2, 0.25) is 0 Å². The number of hydrogen-bond donors (Lipinski definition) is 2. The lowest BCUT2D eigenvalue weighted by molar-refractivity contribution is -0.141. The van der Waals surface area contributed by atoms with Crippen molar-refractivity contribution in [2.45, 2.75) is 85.4 Å². The fourth-order valence-electron chi connectivity index (χ4n) is 3.07. The predicted octanol–water partition coefficient (Wildman–Crippen LogP) is 4.10. The van der Waals surface area contributed by atoms with Crippen LogP contribution in [-0.4, -0.2) is 47.0 Å². The van der Waals surface area contributed by atoms with Crippen LogP contribution in [0.5, 0.6) is 0 Å². The number of nitrogens with one attached hydrogen (secondary N) is 2. The molecule has 0 aliphatic heterocycles. The molecule has 2 N–H and O–H groups in total. The molecule has 3 amide bonds. The normalized spacial score (nSPS) is 12.6. The van der Waals surface area contributed by atoms with Crippen molar-refractivity contribution >= 4 is 17.9 Å². The summed E-state index contributed by atoms with van der Waals surface area (Å²) in [6.07, 6.45) is 0.941. The average Bonchev–Trinajstić information content (AvgIpc) is 2.61.